The Morgan fingerprint density at radius 2 is 2.30 bits per heavy atom. The molecule has 1 unspecified atom stereocenters. The van der Waals surface area contributed by atoms with Crippen LogP contribution >= 0.6 is 11.8 Å². The standard InChI is InChI=1S/C13H16F2N2O2S/c1-17(7-10(18)8-4-5-8)12(19)9-3-2-6-16-11(9)20-13(14)15/h2-3,6,8,10,13,18H,4-5,7H2,1H3. The number of halogens is 2. The zero-order valence-electron chi connectivity index (χ0n) is 11.0. The molecule has 1 atom stereocenters. The predicted molar refractivity (Wildman–Crippen MR) is 71.8 cm³/mol. The van der Waals surface area contributed by atoms with Crippen LogP contribution in [0.15, 0.2) is 23.4 Å². The molecule has 1 fully saturated rings. The van der Waals surface area contributed by atoms with Crippen LogP contribution in [-0.2, 0) is 0 Å². The maximum Gasteiger partial charge on any atom is 0.290 e. The average molecular weight is 302 g/mol. The van der Waals surface area contributed by atoms with E-state index in [2.05, 4.69) is 4.98 Å². The summed E-state index contributed by atoms with van der Waals surface area (Å²) in [5.74, 6) is -2.77. The molecule has 4 nitrogen and oxygen atoms in total. The van der Waals surface area contributed by atoms with Crippen LogP contribution in [0.3, 0.4) is 0 Å². The fourth-order valence-corrected chi connectivity index (χ4v) is 2.50. The molecule has 1 aliphatic carbocycles. The van der Waals surface area contributed by atoms with Crippen LogP contribution in [0.1, 0.15) is 23.2 Å². The number of pyridine rings is 1. The first-order chi connectivity index (χ1) is 9.49. The first kappa shape index (κ1) is 15.2. The number of hydrogen-bond acceptors (Lipinski definition) is 4. The Labute approximate surface area is 120 Å². The van der Waals surface area contributed by atoms with Gasteiger partial charge < -0.3 is 10.0 Å². The van der Waals surface area contributed by atoms with Crippen molar-refractivity contribution in [3.05, 3.63) is 23.9 Å². The van der Waals surface area contributed by atoms with Crippen molar-refractivity contribution < 1.29 is 18.7 Å². The molecule has 0 spiro atoms. The second kappa shape index (κ2) is 6.49. The summed E-state index contributed by atoms with van der Waals surface area (Å²) >= 11 is 0.254. The van der Waals surface area contributed by atoms with Gasteiger partial charge in [0.2, 0.25) is 0 Å². The number of hydrogen-bond donors (Lipinski definition) is 1. The fraction of sp³-hybridized carbons (Fsp3) is 0.538. The summed E-state index contributed by atoms with van der Waals surface area (Å²) in [6, 6.07) is 3.01. The van der Waals surface area contributed by atoms with Crippen LogP contribution in [0.5, 0.6) is 0 Å². The van der Waals surface area contributed by atoms with E-state index < -0.39 is 17.8 Å². The van der Waals surface area contributed by atoms with E-state index in [4.69, 9.17) is 0 Å². The van der Waals surface area contributed by atoms with Crippen molar-refractivity contribution in [3.63, 3.8) is 0 Å². The monoisotopic (exact) mass is 302 g/mol. The van der Waals surface area contributed by atoms with Crippen LogP contribution in [0.4, 0.5) is 8.78 Å². The third-order valence-corrected chi connectivity index (χ3v) is 3.90. The molecule has 1 saturated carbocycles. The van der Waals surface area contributed by atoms with Crippen molar-refractivity contribution in [2.45, 2.75) is 29.7 Å². The van der Waals surface area contributed by atoms with Gasteiger partial charge in [0.05, 0.1) is 11.7 Å². The highest BCUT2D eigenvalue weighted by atomic mass is 32.2. The van der Waals surface area contributed by atoms with E-state index in [9.17, 15) is 18.7 Å². The number of carbonyl (C=O) groups is 1. The number of amides is 1. The Morgan fingerprint density at radius 3 is 2.90 bits per heavy atom. The van der Waals surface area contributed by atoms with Gasteiger partial charge in [-0.1, -0.05) is 0 Å². The molecule has 110 valence electrons. The summed E-state index contributed by atoms with van der Waals surface area (Å²) in [4.78, 5) is 17.4. The van der Waals surface area contributed by atoms with Gasteiger partial charge >= 0.3 is 0 Å². The zero-order chi connectivity index (χ0) is 14.7. The predicted octanol–water partition coefficient (Wildman–Crippen LogP) is 2.24. The van der Waals surface area contributed by atoms with E-state index in [0.717, 1.165) is 12.8 Å². The largest absolute Gasteiger partial charge is 0.391 e. The molecular weight excluding hydrogens is 286 g/mol. The number of alkyl halides is 2. The maximum atomic E-state index is 12.4. The Kier molecular flexibility index (Phi) is 4.93. The number of aromatic nitrogens is 1. The van der Waals surface area contributed by atoms with Crippen molar-refractivity contribution in [2.24, 2.45) is 5.92 Å². The summed E-state index contributed by atoms with van der Waals surface area (Å²) < 4.78 is 24.9. The Morgan fingerprint density at radius 1 is 1.60 bits per heavy atom. The van der Waals surface area contributed by atoms with Crippen LogP contribution in [0, 0.1) is 5.92 Å². The molecule has 7 heteroatoms. The van der Waals surface area contributed by atoms with Gasteiger partial charge in [0.1, 0.15) is 5.03 Å². The summed E-state index contributed by atoms with van der Waals surface area (Å²) in [7, 11) is 1.55. The van der Waals surface area contributed by atoms with Crippen molar-refractivity contribution in [1.29, 1.82) is 0 Å². The first-order valence-electron chi connectivity index (χ1n) is 6.32. The quantitative estimate of drug-likeness (QED) is 0.819. The number of aliphatic hydroxyl groups is 1. The van der Waals surface area contributed by atoms with Gasteiger partial charge in [-0.25, -0.2) is 4.98 Å². The lowest BCUT2D eigenvalue weighted by Crippen LogP contribution is -2.35. The molecule has 0 radical (unpaired) electrons. The molecule has 2 rings (SSSR count). The van der Waals surface area contributed by atoms with Crippen molar-refractivity contribution >= 4 is 17.7 Å². The lowest BCUT2D eigenvalue weighted by molar-refractivity contribution is 0.0641. The third-order valence-electron chi connectivity index (χ3n) is 3.18. The second-order valence-corrected chi connectivity index (χ2v) is 5.80. The van der Waals surface area contributed by atoms with E-state index in [1.807, 2.05) is 0 Å². The lowest BCUT2D eigenvalue weighted by atomic mass is 10.2. The number of aliphatic hydroxyl groups excluding tert-OH is 1. The molecule has 0 aromatic carbocycles. The van der Waals surface area contributed by atoms with Crippen molar-refractivity contribution in [2.75, 3.05) is 13.6 Å². The van der Waals surface area contributed by atoms with Crippen LogP contribution in [0.25, 0.3) is 0 Å². The molecule has 1 aromatic rings. The minimum absolute atomic E-state index is 0.0141. The molecule has 0 bridgehead atoms. The highest BCUT2D eigenvalue weighted by molar-refractivity contribution is 7.99. The van der Waals surface area contributed by atoms with E-state index in [-0.39, 0.29) is 34.8 Å². The molecular formula is C13H16F2N2O2S. The highest BCUT2D eigenvalue weighted by Crippen LogP contribution is 2.33. The highest BCUT2D eigenvalue weighted by Gasteiger charge is 2.31. The molecule has 0 aliphatic heterocycles. The number of likely N-dealkylation sites (N-methyl/N-ethyl adjacent to an activating group) is 1. The smallest absolute Gasteiger partial charge is 0.290 e. The maximum absolute atomic E-state index is 12.4. The van der Waals surface area contributed by atoms with Crippen molar-refractivity contribution in [1.82, 2.24) is 9.88 Å². The van der Waals surface area contributed by atoms with E-state index in [0.29, 0.717) is 0 Å². The van der Waals surface area contributed by atoms with Crippen LogP contribution in [0.2, 0.25) is 0 Å². The zero-order valence-corrected chi connectivity index (χ0v) is 11.8. The number of carbonyl (C=O) groups excluding carboxylic acids is 1. The summed E-state index contributed by atoms with van der Waals surface area (Å²) in [6.45, 7) is 0.206. The second-order valence-electron chi connectivity index (χ2n) is 4.83. The summed E-state index contributed by atoms with van der Waals surface area (Å²) in [6.07, 6.45) is 2.78. The molecule has 20 heavy (non-hydrogen) atoms. The third kappa shape index (κ3) is 3.89. The number of nitrogens with zero attached hydrogens (tertiary/aromatic N) is 2. The van der Waals surface area contributed by atoms with Crippen LogP contribution < -0.4 is 0 Å². The summed E-state index contributed by atoms with van der Waals surface area (Å²) in [5, 5.41) is 9.85. The van der Waals surface area contributed by atoms with Gasteiger partial charge in [0, 0.05) is 19.8 Å². The topological polar surface area (TPSA) is 53.4 Å². The Hall–Kier alpha value is -1.21. The van der Waals surface area contributed by atoms with Crippen LogP contribution in [-0.4, -0.2) is 46.4 Å². The van der Waals surface area contributed by atoms with E-state index in [1.54, 1.807) is 7.05 Å². The molecule has 1 heterocycles. The molecule has 0 saturated heterocycles. The number of thioether (sulfide) groups is 1. The Balaban J connectivity index is 2.07. The van der Waals surface area contributed by atoms with Gasteiger partial charge in [0.25, 0.3) is 11.7 Å². The summed E-state index contributed by atoms with van der Waals surface area (Å²) in [5.41, 5.74) is 0.142. The van der Waals surface area contributed by atoms with Gasteiger partial charge in [-0.2, -0.15) is 8.78 Å². The van der Waals surface area contributed by atoms with E-state index >= 15 is 0 Å². The molecule has 1 aromatic heterocycles. The molecule has 1 N–H and O–H groups in total. The molecule has 1 aliphatic rings. The minimum atomic E-state index is -2.63. The average Bonchev–Trinajstić information content (AvgIpc) is 3.22. The van der Waals surface area contributed by atoms with Crippen molar-refractivity contribution in [3.8, 4) is 0 Å². The number of rotatable bonds is 6. The lowest BCUT2D eigenvalue weighted by Gasteiger charge is -2.21. The normalized spacial score (nSPS) is 16.2. The van der Waals surface area contributed by atoms with Gasteiger partial charge in [-0.3, -0.25) is 4.79 Å². The van der Waals surface area contributed by atoms with E-state index in [1.165, 1.54) is 23.2 Å². The first-order valence-corrected chi connectivity index (χ1v) is 7.20. The fourth-order valence-electron chi connectivity index (χ4n) is 1.93. The minimum Gasteiger partial charge on any atom is -0.391 e. The Bertz CT molecular complexity index is 483. The SMILES string of the molecule is CN(CC(O)C1CC1)C(=O)c1cccnc1SC(F)F. The van der Waals surface area contributed by atoms with Gasteiger partial charge in [-0.15, -0.1) is 0 Å². The van der Waals surface area contributed by atoms with Gasteiger partial charge in [-0.05, 0) is 42.7 Å². The molecule has 1 amide bonds. The van der Waals surface area contributed by atoms with Gasteiger partial charge in [0.15, 0.2) is 0 Å².